The first-order valence-corrected chi connectivity index (χ1v) is 17.8. The van der Waals surface area contributed by atoms with E-state index in [9.17, 15) is 26.7 Å². The lowest BCUT2D eigenvalue weighted by Crippen LogP contribution is -2.46. The predicted octanol–water partition coefficient (Wildman–Crippen LogP) is 6.57. The standard InChI is InChI=1S/C32H44O7S2/c33-28-18-9-4-2-1-3-5-16-27-39-31(34)24-14-8-15-25-32(26-17-19-28,40(35,36)29-20-10-6-11-21-29)41(37,38)30-22-12-7-13-23-30/h6-7,10-13,17,19-23,28,33H,1-5,8-9,14-16,18,24-27H2/b19-17+. The minimum absolute atomic E-state index is 0.0671. The molecule has 226 valence electrons. The van der Waals surface area contributed by atoms with Gasteiger partial charge in [0, 0.05) is 12.8 Å². The van der Waals surface area contributed by atoms with Gasteiger partial charge in [0.05, 0.1) is 22.5 Å². The van der Waals surface area contributed by atoms with E-state index in [4.69, 9.17) is 4.74 Å². The van der Waals surface area contributed by atoms with Crippen LogP contribution in [0, 0.1) is 0 Å². The Morgan fingerprint density at radius 1 is 0.683 bits per heavy atom. The Balaban J connectivity index is 2.00. The molecule has 41 heavy (non-hydrogen) atoms. The second kappa shape index (κ2) is 16.2. The number of ether oxygens (including phenoxy) is 1. The highest BCUT2D eigenvalue weighted by Gasteiger charge is 2.54. The Hall–Kier alpha value is -2.49. The summed E-state index contributed by atoms with van der Waals surface area (Å²) in [4.78, 5) is 12.1. The number of carbonyl (C=O) groups is 1. The molecule has 1 atom stereocenters. The van der Waals surface area contributed by atoms with Gasteiger partial charge in [-0.2, -0.15) is 0 Å². The van der Waals surface area contributed by atoms with E-state index in [1.807, 2.05) is 0 Å². The number of allylic oxidation sites excluding steroid dienone is 1. The number of sulfone groups is 2. The molecule has 1 aliphatic rings. The molecule has 0 aliphatic carbocycles. The van der Waals surface area contributed by atoms with Crippen LogP contribution >= 0.6 is 0 Å². The van der Waals surface area contributed by atoms with Gasteiger partial charge in [0.25, 0.3) is 0 Å². The molecule has 0 fully saturated rings. The highest BCUT2D eigenvalue weighted by Crippen LogP contribution is 2.43. The van der Waals surface area contributed by atoms with Crippen LogP contribution in [0.5, 0.6) is 0 Å². The van der Waals surface area contributed by atoms with Crippen molar-refractivity contribution in [3.8, 4) is 0 Å². The van der Waals surface area contributed by atoms with Crippen molar-refractivity contribution in [2.75, 3.05) is 6.61 Å². The van der Waals surface area contributed by atoms with Crippen LogP contribution in [0.4, 0.5) is 0 Å². The number of hydrogen-bond donors (Lipinski definition) is 1. The SMILES string of the molecule is O=C1CCCCCC(S(=O)(=O)c2ccccc2)(S(=O)(=O)c2ccccc2)C/C=C/C(O)CCCCCCCCCO1. The van der Waals surface area contributed by atoms with E-state index in [0.717, 1.165) is 44.9 Å². The van der Waals surface area contributed by atoms with E-state index in [1.165, 1.54) is 36.4 Å². The van der Waals surface area contributed by atoms with Crippen LogP contribution in [0.1, 0.15) is 89.9 Å². The van der Waals surface area contributed by atoms with E-state index in [1.54, 1.807) is 36.4 Å². The Morgan fingerprint density at radius 3 is 1.78 bits per heavy atom. The zero-order chi connectivity index (χ0) is 29.6. The summed E-state index contributed by atoms with van der Waals surface area (Å²) >= 11 is 0. The molecule has 0 saturated heterocycles. The summed E-state index contributed by atoms with van der Waals surface area (Å²) in [7, 11) is -8.82. The van der Waals surface area contributed by atoms with Crippen molar-refractivity contribution < 1.29 is 31.5 Å². The number of benzene rings is 2. The molecule has 0 spiro atoms. The van der Waals surface area contributed by atoms with Gasteiger partial charge in [-0.1, -0.05) is 99.9 Å². The van der Waals surface area contributed by atoms with Gasteiger partial charge in [-0.05, 0) is 49.9 Å². The first-order chi connectivity index (χ1) is 19.7. The molecule has 0 radical (unpaired) electrons. The van der Waals surface area contributed by atoms with Crippen molar-refractivity contribution in [1.29, 1.82) is 0 Å². The molecule has 9 heteroatoms. The van der Waals surface area contributed by atoms with Crippen LogP contribution in [0.25, 0.3) is 0 Å². The maximum absolute atomic E-state index is 14.3. The summed E-state index contributed by atoms with van der Waals surface area (Å²) in [5, 5.41) is 10.6. The molecule has 0 amide bonds. The third kappa shape index (κ3) is 9.00. The summed E-state index contributed by atoms with van der Waals surface area (Å²) in [6.45, 7) is 0.393. The highest BCUT2D eigenvalue weighted by molar-refractivity contribution is 8.10. The van der Waals surface area contributed by atoms with E-state index < -0.39 is 29.9 Å². The molecule has 2 aromatic carbocycles. The number of hydrogen-bond acceptors (Lipinski definition) is 7. The number of aliphatic hydroxyl groups excluding tert-OH is 1. The Morgan fingerprint density at radius 2 is 1.20 bits per heavy atom. The first kappa shape index (κ1) is 33.0. The molecule has 1 aliphatic heterocycles. The van der Waals surface area contributed by atoms with Crippen LogP contribution in [0.3, 0.4) is 0 Å². The van der Waals surface area contributed by atoms with Crippen LogP contribution in [-0.2, 0) is 29.2 Å². The van der Waals surface area contributed by atoms with Gasteiger partial charge in [-0.25, -0.2) is 16.8 Å². The summed E-state index contributed by atoms with van der Waals surface area (Å²) in [5.74, 6) is -0.284. The van der Waals surface area contributed by atoms with Crippen molar-refractivity contribution in [1.82, 2.24) is 0 Å². The number of carbonyl (C=O) groups excluding carboxylic acids is 1. The molecule has 7 nitrogen and oxygen atoms in total. The van der Waals surface area contributed by atoms with E-state index >= 15 is 0 Å². The summed E-state index contributed by atoms with van der Waals surface area (Å²) < 4.78 is 60.5. The second-order valence-electron chi connectivity index (χ2n) is 10.8. The molecule has 0 bridgehead atoms. The lowest BCUT2D eigenvalue weighted by molar-refractivity contribution is -0.143. The zero-order valence-corrected chi connectivity index (χ0v) is 25.5. The van der Waals surface area contributed by atoms with Crippen molar-refractivity contribution in [2.24, 2.45) is 0 Å². The lowest BCUT2D eigenvalue weighted by Gasteiger charge is -2.32. The average molecular weight is 605 g/mol. The molecule has 1 unspecified atom stereocenters. The monoisotopic (exact) mass is 604 g/mol. The molecule has 0 saturated carbocycles. The maximum atomic E-state index is 14.3. The van der Waals surface area contributed by atoms with Crippen LogP contribution in [0.2, 0.25) is 0 Å². The van der Waals surface area contributed by atoms with E-state index in [-0.39, 0.29) is 41.4 Å². The number of esters is 1. The van der Waals surface area contributed by atoms with Gasteiger partial charge >= 0.3 is 5.97 Å². The molecular weight excluding hydrogens is 560 g/mol. The zero-order valence-electron chi connectivity index (χ0n) is 23.8. The molecule has 1 N–H and O–H groups in total. The Labute approximate surface area is 245 Å². The fraction of sp³-hybridized carbons (Fsp3) is 0.531. The smallest absolute Gasteiger partial charge is 0.305 e. The lowest BCUT2D eigenvalue weighted by atomic mass is 10.0. The van der Waals surface area contributed by atoms with Crippen molar-refractivity contribution >= 4 is 25.6 Å². The fourth-order valence-corrected chi connectivity index (χ4v) is 10.4. The summed E-state index contributed by atoms with van der Waals surface area (Å²) in [6.07, 6.45) is 10.6. The number of aliphatic hydroxyl groups is 1. The first-order valence-electron chi connectivity index (χ1n) is 14.8. The van der Waals surface area contributed by atoms with Gasteiger partial charge in [-0.3, -0.25) is 4.79 Å². The van der Waals surface area contributed by atoms with Crippen molar-refractivity contribution in [3.63, 3.8) is 0 Å². The third-order valence-electron chi connectivity index (χ3n) is 7.72. The minimum atomic E-state index is -4.41. The van der Waals surface area contributed by atoms with Crippen LogP contribution < -0.4 is 0 Å². The van der Waals surface area contributed by atoms with Crippen molar-refractivity contribution in [2.45, 2.75) is 110 Å². The predicted molar refractivity (Wildman–Crippen MR) is 161 cm³/mol. The van der Waals surface area contributed by atoms with Crippen molar-refractivity contribution in [3.05, 3.63) is 72.8 Å². The normalized spacial score (nSPS) is 22.1. The molecule has 2 aromatic rings. The Kier molecular flexibility index (Phi) is 13.1. The van der Waals surface area contributed by atoms with E-state index in [2.05, 4.69) is 0 Å². The fourth-order valence-electron chi connectivity index (χ4n) is 5.30. The average Bonchev–Trinajstić information content (AvgIpc) is 2.97. The largest absolute Gasteiger partial charge is 0.466 e. The Bertz CT molecular complexity index is 1230. The molecule has 1 heterocycles. The maximum Gasteiger partial charge on any atom is 0.305 e. The van der Waals surface area contributed by atoms with Gasteiger partial charge in [0.15, 0.2) is 23.8 Å². The number of cyclic esters (lactones) is 1. The highest BCUT2D eigenvalue weighted by atomic mass is 32.3. The van der Waals surface area contributed by atoms with Gasteiger partial charge in [-0.15, -0.1) is 0 Å². The number of rotatable bonds is 4. The van der Waals surface area contributed by atoms with E-state index in [0.29, 0.717) is 25.9 Å². The summed E-state index contributed by atoms with van der Waals surface area (Å²) in [5.41, 5.74) is 0. The van der Waals surface area contributed by atoms with Gasteiger partial charge < -0.3 is 9.84 Å². The van der Waals surface area contributed by atoms with Crippen LogP contribution in [0.15, 0.2) is 82.6 Å². The van der Waals surface area contributed by atoms with Crippen LogP contribution in [-0.4, -0.2) is 44.7 Å². The third-order valence-corrected chi connectivity index (χ3v) is 13.5. The molecular formula is C32H44O7S2. The quantitative estimate of drug-likeness (QED) is 0.310. The van der Waals surface area contributed by atoms with Gasteiger partial charge in [0.2, 0.25) is 0 Å². The summed E-state index contributed by atoms with van der Waals surface area (Å²) in [6, 6.07) is 15.4. The topological polar surface area (TPSA) is 115 Å². The molecule has 0 aromatic heterocycles. The molecule has 3 rings (SSSR count). The second-order valence-corrected chi connectivity index (χ2v) is 15.6. The minimum Gasteiger partial charge on any atom is -0.466 e. The van der Waals surface area contributed by atoms with Gasteiger partial charge in [0.1, 0.15) is 0 Å².